The second-order valence-electron chi connectivity index (χ2n) is 3.91. The maximum absolute atomic E-state index is 10.9. The van der Waals surface area contributed by atoms with E-state index in [0.29, 0.717) is 0 Å². The number of carbonyl (C=O) groups is 1. The molecule has 0 aliphatic rings. The zero-order chi connectivity index (χ0) is 11.5. The Bertz CT molecular complexity index is 403. The lowest BCUT2D eigenvalue weighted by Crippen LogP contribution is -2.28. The Hall–Kier alpha value is -1.82. The summed E-state index contributed by atoms with van der Waals surface area (Å²) in [5.41, 5.74) is 0.648. The molecule has 0 radical (unpaired) electrons. The van der Waals surface area contributed by atoms with Crippen LogP contribution in [0.2, 0.25) is 0 Å². The van der Waals surface area contributed by atoms with Crippen LogP contribution in [-0.4, -0.2) is 11.1 Å². The molecule has 0 unspecified atom stereocenters. The maximum Gasteiger partial charge on any atom is 0.324 e. The van der Waals surface area contributed by atoms with Gasteiger partial charge in [-0.05, 0) is 19.4 Å². The monoisotopic (exact) mass is 203 g/mol. The van der Waals surface area contributed by atoms with E-state index in [1.54, 1.807) is 0 Å². The number of nitriles is 1. The van der Waals surface area contributed by atoms with Crippen molar-refractivity contribution in [3.05, 3.63) is 35.4 Å². The van der Waals surface area contributed by atoms with Crippen LogP contribution in [0.1, 0.15) is 18.1 Å². The van der Waals surface area contributed by atoms with Crippen LogP contribution in [-0.2, 0) is 11.2 Å². The molecule has 3 nitrogen and oxygen atoms in total. The highest BCUT2D eigenvalue weighted by atomic mass is 16.4. The highest BCUT2D eigenvalue weighted by Gasteiger charge is 2.33. The molecule has 0 aliphatic carbocycles. The van der Waals surface area contributed by atoms with Gasteiger partial charge in [-0.2, -0.15) is 5.26 Å². The average Bonchev–Trinajstić information content (AvgIpc) is 2.21. The number of nitrogens with zero attached hydrogens (tertiary/aromatic N) is 1. The third-order valence-corrected chi connectivity index (χ3v) is 2.40. The summed E-state index contributed by atoms with van der Waals surface area (Å²) in [5, 5.41) is 17.8. The molecule has 0 spiro atoms. The van der Waals surface area contributed by atoms with E-state index in [9.17, 15) is 4.79 Å². The fourth-order valence-corrected chi connectivity index (χ4v) is 1.28. The Balaban J connectivity index is 2.90. The minimum absolute atomic E-state index is 0.235. The summed E-state index contributed by atoms with van der Waals surface area (Å²) >= 11 is 0. The van der Waals surface area contributed by atoms with Gasteiger partial charge in [0, 0.05) is 6.42 Å². The molecule has 1 aromatic rings. The van der Waals surface area contributed by atoms with Crippen molar-refractivity contribution >= 4 is 5.97 Å². The van der Waals surface area contributed by atoms with Gasteiger partial charge in [0.1, 0.15) is 0 Å². The van der Waals surface area contributed by atoms with Crippen LogP contribution in [0.3, 0.4) is 0 Å². The van der Waals surface area contributed by atoms with Crippen molar-refractivity contribution in [3.8, 4) is 6.07 Å². The number of benzene rings is 1. The normalized spacial score (nSPS) is 13.9. The van der Waals surface area contributed by atoms with Gasteiger partial charge in [0.15, 0.2) is 5.41 Å². The van der Waals surface area contributed by atoms with Gasteiger partial charge in [-0.3, -0.25) is 4.79 Å². The summed E-state index contributed by atoms with van der Waals surface area (Å²) in [6.45, 7) is 3.40. The van der Waals surface area contributed by atoms with Gasteiger partial charge < -0.3 is 5.11 Å². The minimum atomic E-state index is -1.34. The van der Waals surface area contributed by atoms with Crippen molar-refractivity contribution < 1.29 is 9.90 Å². The lowest BCUT2D eigenvalue weighted by molar-refractivity contribution is -0.144. The Morgan fingerprint density at radius 2 is 2.00 bits per heavy atom. The fourth-order valence-electron chi connectivity index (χ4n) is 1.28. The van der Waals surface area contributed by atoms with Crippen molar-refractivity contribution in [2.75, 3.05) is 0 Å². The average molecular weight is 203 g/mol. The SMILES string of the molecule is Cc1ccc(C[C@](C)(C#N)C(=O)O)cc1. The highest BCUT2D eigenvalue weighted by Crippen LogP contribution is 2.22. The molecule has 0 aromatic heterocycles. The van der Waals surface area contributed by atoms with Gasteiger partial charge in [0.2, 0.25) is 0 Å². The van der Waals surface area contributed by atoms with E-state index in [1.165, 1.54) is 6.92 Å². The largest absolute Gasteiger partial charge is 0.480 e. The van der Waals surface area contributed by atoms with Crippen LogP contribution in [0.5, 0.6) is 0 Å². The van der Waals surface area contributed by atoms with E-state index in [1.807, 2.05) is 37.3 Å². The number of carboxylic acids is 1. The number of aryl methyl sites for hydroxylation is 1. The molecule has 1 rings (SSSR count). The van der Waals surface area contributed by atoms with Crippen LogP contribution >= 0.6 is 0 Å². The molecule has 1 aromatic carbocycles. The first-order chi connectivity index (χ1) is 6.98. The molecule has 0 fully saturated rings. The lowest BCUT2D eigenvalue weighted by atomic mass is 9.85. The Morgan fingerprint density at radius 1 is 1.47 bits per heavy atom. The van der Waals surface area contributed by atoms with E-state index in [-0.39, 0.29) is 6.42 Å². The highest BCUT2D eigenvalue weighted by molar-refractivity contribution is 5.77. The molecule has 0 aliphatic heterocycles. The molecule has 1 atom stereocenters. The van der Waals surface area contributed by atoms with Crippen LogP contribution in [0, 0.1) is 23.7 Å². The van der Waals surface area contributed by atoms with Gasteiger partial charge in [-0.1, -0.05) is 29.8 Å². The van der Waals surface area contributed by atoms with E-state index >= 15 is 0 Å². The first-order valence-electron chi connectivity index (χ1n) is 4.68. The van der Waals surface area contributed by atoms with Crippen LogP contribution in [0.15, 0.2) is 24.3 Å². The summed E-state index contributed by atoms with van der Waals surface area (Å²) in [4.78, 5) is 10.9. The molecule has 3 heteroatoms. The number of rotatable bonds is 3. The van der Waals surface area contributed by atoms with Gasteiger partial charge in [0.25, 0.3) is 0 Å². The summed E-state index contributed by atoms with van der Waals surface area (Å²) in [6.07, 6.45) is 0.235. The van der Waals surface area contributed by atoms with E-state index in [2.05, 4.69) is 0 Å². The number of hydrogen-bond acceptors (Lipinski definition) is 2. The summed E-state index contributed by atoms with van der Waals surface area (Å²) in [6, 6.07) is 9.37. The van der Waals surface area contributed by atoms with E-state index in [4.69, 9.17) is 10.4 Å². The zero-order valence-corrected chi connectivity index (χ0v) is 8.82. The predicted octanol–water partition coefficient (Wildman–Crippen LogP) is 2.15. The molecule has 0 amide bonds. The molecule has 78 valence electrons. The molecule has 15 heavy (non-hydrogen) atoms. The minimum Gasteiger partial charge on any atom is -0.480 e. The fraction of sp³-hybridized carbons (Fsp3) is 0.333. The quantitative estimate of drug-likeness (QED) is 0.818. The predicted molar refractivity (Wildman–Crippen MR) is 56.2 cm³/mol. The Kier molecular flexibility index (Phi) is 3.11. The lowest BCUT2D eigenvalue weighted by Gasteiger charge is -2.15. The van der Waals surface area contributed by atoms with Gasteiger partial charge in [-0.25, -0.2) is 0 Å². The van der Waals surface area contributed by atoms with Crippen LogP contribution in [0.25, 0.3) is 0 Å². The topological polar surface area (TPSA) is 61.1 Å². The smallest absolute Gasteiger partial charge is 0.324 e. The second-order valence-corrected chi connectivity index (χ2v) is 3.91. The van der Waals surface area contributed by atoms with Crippen LogP contribution < -0.4 is 0 Å². The summed E-state index contributed by atoms with van der Waals surface area (Å²) < 4.78 is 0. The van der Waals surface area contributed by atoms with Crippen molar-refractivity contribution in [2.45, 2.75) is 20.3 Å². The number of aliphatic carboxylic acids is 1. The second kappa shape index (κ2) is 4.14. The van der Waals surface area contributed by atoms with Crippen molar-refractivity contribution in [1.82, 2.24) is 0 Å². The van der Waals surface area contributed by atoms with E-state index < -0.39 is 11.4 Å². The zero-order valence-electron chi connectivity index (χ0n) is 8.82. The third-order valence-electron chi connectivity index (χ3n) is 2.40. The van der Waals surface area contributed by atoms with Gasteiger partial charge in [0.05, 0.1) is 6.07 Å². The molecular formula is C12H13NO2. The van der Waals surface area contributed by atoms with Crippen molar-refractivity contribution in [2.24, 2.45) is 5.41 Å². The maximum atomic E-state index is 10.9. The molecule has 0 heterocycles. The Labute approximate surface area is 89.0 Å². The first-order valence-corrected chi connectivity index (χ1v) is 4.68. The Morgan fingerprint density at radius 3 is 2.40 bits per heavy atom. The van der Waals surface area contributed by atoms with Crippen molar-refractivity contribution in [3.63, 3.8) is 0 Å². The third kappa shape index (κ3) is 2.57. The number of carboxylic acid groups (broad SMARTS) is 1. The molecule has 1 N–H and O–H groups in total. The molecule has 0 bridgehead atoms. The summed E-state index contributed by atoms with van der Waals surface area (Å²) in [5.74, 6) is -1.08. The summed E-state index contributed by atoms with van der Waals surface area (Å²) in [7, 11) is 0. The van der Waals surface area contributed by atoms with Crippen molar-refractivity contribution in [1.29, 1.82) is 5.26 Å². The van der Waals surface area contributed by atoms with E-state index in [0.717, 1.165) is 11.1 Å². The molecule has 0 saturated heterocycles. The molecular weight excluding hydrogens is 190 g/mol. The number of hydrogen-bond donors (Lipinski definition) is 1. The van der Waals surface area contributed by atoms with Gasteiger partial charge >= 0.3 is 5.97 Å². The molecule has 0 saturated carbocycles. The standard InChI is InChI=1S/C12H13NO2/c1-9-3-5-10(6-4-9)7-12(2,8-13)11(14)15/h3-6H,7H2,1-2H3,(H,14,15)/t12-/m1/s1. The first kappa shape index (κ1) is 11.3. The van der Waals surface area contributed by atoms with Gasteiger partial charge in [-0.15, -0.1) is 0 Å². The van der Waals surface area contributed by atoms with Crippen LogP contribution in [0.4, 0.5) is 0 Å².